The van der Waals surface area contributed by atoms with Gasteiger partial charge in [0.05, 0.1) is 5.54 Å². The maximum atomic E-state index is 12.1. The van der Waals surface area contributed by atoms with E-state index in [1.54, 1.807) is 12.1 Å². The first-order valence-electron chi connectivity index (χ1n) is 6.63. The van der Waals surface area contributed by atoms with Crippen molar-refractivity contribution in [2.45, 2.75) is 40.2 Å². The molecular formula is C16H20N2O2. The molecule has 2 rings (SSSR count). The van der Waals surface area contributed by atoms with E-state index < -0.39 is 5.97 Å². The summed E-state index contributed by atoms with van der Waals surface area (Å²) in [5, 5.41) is 4.34. The third-order valence-electron chi connectivity index (χ3n) is 2.93. The van der Waals surface area contributed by atoms with Gasteiger partial charge in [0.15, 0.2) is 5.69 Å². The average Bonchev–Trinajstić information content (AvgIpc) is 2.71. The van der Waals surface area contributed by atoms with Gasteiger partial charge in [0.2, 0.25) is 0 Å². The summed E-state index contributed by atoms with van der Waals surface area (Å²) < 4.78 is 7.18. The number of carbonyl (C=O) groups is 1. The van der Waals surface area contributed by atoms with Crippen LogP contribution in [0.25, 0.3) is 0 Å². The van der Waals surface area contributed by atoms with Crippen LogP contribution in [0.4, 0.5) is 0 Å². The molecule has 0 amide bonds. The van der Waals surface area contributed by atoms with Crippen LogP contribution in [0.2, 0.25) is 0 Å². The molecule has 0 aliphatic rings. The summed E-state index contributed by atoms with van der Waals surface area (Å²) >= 11 is 0. The van der Waals surface area contributed by atoms with Crippen LogP contribution in [0.3, 0.4) is 0 Å². The number of hydrogen-bond donors (Lipinski definition) is 0. The normalized spacial score (nSPS) is 11.4. The molecule has 4 nitrogen and oxygen atoms in total. The Balaban J connectivity index is 2.22. The van der Waals surface area contributed by atoms with Gasteiger partial charge in [0, 0.05) is 5.69 Å². The van der Waals surface area contributed by atoms with Crippen molar-refractivity contribution >= 4 is 5.97 Å². The lowest BCUT2D eigenvalue weighted by Gasteiger charge is -2.21. The summed E-state index contributed by atoms with van der Waals surface area (Å²) in [4.78, 5) is 12.1. The standard InChI is InChI=1S/C16H20N2O2/c1-11-7-6-8-13(9-11)20-15(19)14-10-12(2)18(17-14)16(3,4)5/h6-10H,1-5H3. The molecule has 0 unspecified atom stereocenters. The number of benzene rings is 1. The molecule has 2 aromatic rings. The van der Waals surface area contributed by atoms with Gasteiger partial charge in [-0.2, -0.15) is 5.10 Å². The molecule has 0 atom stereocenters. The summed E-state index contributed by atoms with van der Waals surface area (Å²) in [7, 11) is 0. The lowest BCUT2D eigenvalue weighted by atomic mass is 10.1. The Morgan fingerprint density at radius 3 is 2.45 bits per heavy atom. The maximum Gasteiger partial charge on any atom is 0.364 e. The zero-order valence-corrected chi connectivity index (χ0v) is 12.6. The van der Waals surface area contributed by atoms with Crippen LogP contribution in [0.15, 0.2) is 30.3 Å². The highest BCUT2D eigenvalue weighted by Crippen LogP contribution is 2.18. The van der Waals surface area contributed by atoms with Crippen LogP contribution in [-0.4, -0.2) is 15.7 Å². The Morgan fingerprint density at radius 2 is 1.90 bits per heavy atom. The number of ether oxygens (including phenoxy) is 1. The average molecular weight is 272 g/mol. The van der Waals surface area contributed by atoms with Crippen molar-refractivity contribution in [2.24, 2.45) is 0 Å². The first-order chi connectivity index (χ1) is 9.27. The van der Waals surface area contributed by atoms with Crippen molar-refractivity contribution < 1.29 is 9.53 Å². The van der Waals surface area contributed by atoms with Gasteiger partial charge in [-0.15, -0.1) is 0 Å². The van der Waals surface area contributed by atoms with Gasteiger partial charge in [-0.3, -0.25) is 4.68 Å². The van der Waals surface area contributed by atoms with Crippen molar-refractivity contribution in [3.8, 4) is 5.75 Å². The fourth-order valence-electron chi connectivity index (χ4n) is 2.09. The van der Waals surface area contributed by atoms with Gasteiger partial charge in [-0.05, 0) is 58.4 Å². The number of hydrogen-bond acceptors (Lipinski definition) is 3. The van der Waals surface area contributed by atoms with Crippen LogP contribution in [0, 0.1) is 13.8 Å². The van der Waals surface area contributed by atoms with E-state index in [-0.39, 0.29) is 5.54 Å². The zero-order valence-electron chi connectivity index (χ0n) is 12.6. The minimum atomic E-state index is -0.429. The second-order valence-electron chi connectivity index (χ2n) is 5.96. The number of rotatable bonds is 2. The first-order valence-corrected chi connectivity index (χ1v) is 6.63. The van der Waals surface area contributed by atoms with E-state index in [9.17, 15) is 4.79 Å². The lowest BCUT2D eigenvalue weighted by Crippen LogP contribution is -2.25. The number of carbonyl (C=O) groups excluding carboxylic acids is 1. The van der Waals surface area contributed by atoms with E-state index >= 15 is 0 Å². The number of aromatic nitrogens is 2. The molecule has 0 saturated carbocycles. The molecule has 1 aromatic heterocycles. The fraction of sp³-hybridized carbons (Fsp3) is 0.375. The Bertz CT molecular complexity index is 636. The van der Waals surface area contributed by atoms with Crippen molar-refractivity contribution in [3.63, 3.8) is 0 Å². The molecule has 1 aromatic carbocycles. The van der Waals surface area contributed by atoms with E-state index in [1.807, 2.05) is 57.5 Å². The number of nitrogens with zero attached hydrogens (tertiary/aromatic N) is 2. The largest absolute Gasteiger partial charge is 0.422 e. The Kier molecular flexibility index (Phi) is 3.66. The number of esters is 1. The van der Waals surface area contributed by atoms with Crippen LogP contribution in [0.1, 0.15) is 42.5 Å². The van der Waals surface area contributed by atoms with Crippen LogP contribution in [-0.2, 0) is 5.54 Å². The third kappa shape index (κ3) is 3.07. The van der Waals surface area contributed by atoms with Crippen molar-refractivity contribution in [3.05, 3.63) is 47.3 Å². The monoisotopic (exact) mass is 272 g/mol. The van der Waals surface area contributed by atoms with E-state index in [0.717, 1.165) is 11.3 Å². The highest BCUT2D eigenvalue weighted by molar-refractivity contribution is 5.89. The molecule has 1 heterocycles. The van der Waals surface area contributed by atoms with Gasteiger partial charge < -0.3 is 4.74 Å². The molecule has 0 saturated heterocycles. The Hall–Kier alpha value is -2.10. The molecule has 106 valence electrons. The van der Waals surface area contributed by atoms with E-state index in [2.05, 4.69) is 5.10 Å². The fourth-order valence-corrected chi connectivity index (χ4v) is 2.09. The minimum Gasteiger partial charge on any atom is -0.422 e. The van der Waals surface area contributed by atoms with Crippen molar-refractivity contribution in [1.29, 1.82) is 0 Å². The van der Waals surface area contributed by atoms with Crippen LogP contribution >= 0.6 is 0 Å². The maximum absolute atomic E-state index is 12.1. The van der Waals surface area contributed by atoms with Crippen molar-refractivity contribution in [1.82, 2.24) is 9.78 Å². The quantitative estimate of drug-likeness (QED) is 0.621. The SMILES string of the molecule is Cc1cccc(OC(=O)c2cc(C)n(C(C)(C)C)n2)c1. The van der Waals surface area contributed by atoms with Gasteiger partial charge >= 0.3 is 5.97 Å². The number of aryl methyl sites for hydroxylation is 2. The predicted octanol–water partition coefficient (Wildman–Crippen LogP) is 3.47. The first kappa shape index (κ1) is 14.3. The van der Waals surface area contributed by atoms with Gasteiger partial charge in [0.25, 0.3) is 0 Å². The minimum absolute atomic E-state index is 0.161. The molecule has 4 heteroatoms. The summed E-state index contributed by atoms with van der Waals surface area (Å²) in [6.07, 6.45) is 0. The smallest absolute Gasteiger partial charge is 0.364 e. The van der Waals surface area contributed by atoms with Gasteiger partial charge in [-0.25, -0.2) is 4.79 Å². The summed E-state index contributed by atoms with van der Waals surface area (Å²) in [6.45, 7) is 10.0. The molecule has 0 bridgehead atoms. The van der Waals surface area contributed by atoms with Crippen molar-refractivity contribution in [2.75, 3.05) is 0 Å². The van der Waals surface area contributed by atoms with E-state index in [0.29, 0.717) is 11.4 Å². The third-order valence-corrected chi connectivity index (χ3v) is 2.93. The van der Waals surface area contributed by atoms with Crippen LogP contribution < -0.4 is 4.74 Å². The highest BCUT2D eigenvalue weighted by atomic mass is 16.5. The predicted molar refractivity (Wildman–Crippen MR) is 78.1 cm³/mol. The molecule has 20 heavy (non-hydrogen) atoms. The zero-order chi connectivity index (χ0) is 14.9. The molecule has 0 aliphatic heterocycles. The summed E-state index contributed by atoms with van der Waals surface area (Å²) in [5.41, 5.74) is 2.16. The summed E-state index contributed by atoms with van der Waals surface area (Å²) in [6, 6.07) is 9.15. The molecule has 0 radical (unpaired) electrons. The van der Waals surface area contributed by atoms with E-state index in [4.69, 9.17) is 4.74 Å². The Labute approximate surface area is 119 Å². The summed E-state index contributed by atoms with van der Waals surface area (Å²) in [5.74, 6) is 0.111. The Morgan fingerprint density at radius 1 is 1.20 bits per heavy atom. The topological polar surface area (TPSA) is 44.1 Å². The second-order valence-corrected chi connectivity index (χ2v) is 5.96. The molecule has 0 N–H and O–H groups in total. The van der Waals surface area contributed by atoms with Crippen LogP contribution in [0.5, 0.6) is 5.75 Å². The molecule has 0 fully saturated rings. The lowest BCUT2D eigenvalue weighted by molar-refractivity contribution is 0.0727. The van der Waals surface area contributed by atoms with Gasteiger partial charge in [-0.1, -0.05) is 12.1 Å². The van der Waals surface area contributed by atoms with E-state index in [1.165, 1.54) is 0 Å². The van der Waals surface area contributed by atoms with Gasteiger partial charge in [0.1, 0.15) is 5.75 Å². The molecule has 0 spiro atoms. The molecule has 0 aliphatic carbocycles. The highest BCUT2D eigenvalue weighted by Gasteiger charge is 2.21. The second kappa shape index (κ2) is 5.12. The molecular weight excluding hydrogens is 252 g/mol.